The number of rotatable bonds is 6. The lowest BCUT2D eigenvalue weighted by atomic mass is 10.00. The first-order chi connectivity index (χ1) is 10.3. The summed E-state index contributed by atoms with van der Waals surface area (Å²) in [7, 11) is -3.21. The van der Waals surface area contributed by atoms with Crippen LogP contribution in [0.25, 0.3) is 10.4 Å². The quantitative estimate of drug-likeness (QED) is 0.767. The Labute approximate surface area is 144 Å². The molecule has 1 heterocycles. The van der Waals surface area contributed by atoms with Gasteiger partial charge in [-0.3, -0.25) is 0 Å². The van der Waals surface area contributed by atoms with Crippen LogP contribution >= 0.6 is 27.3 Å². The molecule has 0 saturated carbocycles. The summed E-state index contributed by atoms with van der Waals surface area (Å²) < 4.78 is 27.4. The molecule has 1 aromatic heterocycles. The monoisotopic (exact) mass is 401 g/mol. The second-order valence-electron chi connectivity index (χ2n) is 5.56. The molecule has 1 atom stereocenters. The maximum Gasteiger partial charge on any atom is 0.213 e. The fourth-order valence-corrected chi connectivity index (χ4v) is 4.41. The normalized spacial score (nSPS) is 13.5. The maximum absolute atomic E-state index is 11.8. The molecule has 1 unspecified atom stereocenters. The lowest BCUT2D eigenvalue weighted by Gasteiger charge is -2.15. The molecule has 22 heavy (non-hydrogen) atoms. The molecule has 0 aliphatic heterocycles. The number of nitrogens with one attached hydrogen (secondary N) is 1. The van der Waals surface area contributed by atoms with Gasteiger partial charge in [0.15, 0.2) is 0 Å². The lowest BCUT2D eigenvalue weighted by Crippen LogP contribution is -2.33. The molecule has 0 saturated heterocycles. The molecule has 6 heteroatoms. The third-order valence-corrected chi connectivity index (χ3v) is 7.27. The molecule has 0 spiro atoms. The zero-order valence-electron chi connectivity index (χ0n) is 12.8. The van der Waals surface area contributed by atoms with E-state index in [1.807, 2.05) is 13.0 Å². The van der Waals surface area contributed by atoms with Crippen LogP contribution in [0.3, 0.4) is 0 Å². The highest BCUT2D eigenvalue weighted by molar-refractivity contribution is 9.10. The van der Waals surface area contributed by atoms with Crippen LogP contribution in [0.15, 0.2) is 40.2 Å². The summed E-state index contributed by atoms with van der Waals surface area (Å²) in [6, 6.07) is 10.3. The van der Waals surface area contributed by atoms with Crippen molar-refractivity contribution < 1.29 is 8.42 Å². The summed E-state index contributed by atoms with van der Waals surface area (Å²) in [5.41, 5.74) is 2.29. The van der Waals surface area contributed by atoms with Crippen molar-refractivity contribution in [1.82, 2.24) is 4.72 Å². The summed E-state index contributed by atoms with van der Waals surface area (Å²) in [4.78, 5) is 1.21. The number of sulfonamides is 1. The van der Waals surface area contributed by atoms with E-state index in [0.717, 1.165) is 10.0 Å². The Morgan fingerprint density at radius 2 is 1.77 bits per heavy atom. The molecule has 0 fully saturated rings. The topological polar surface area (TPSA) is 46.2 Å². The van der Waals surface area contributed by atoms with E-state index in [-0.39, 0.29) is 5.92 Å². The van der Waals surface area contributed by atoms with E-state index >= 15 is 0 Å². The second-order valence-corrected chi connectivity index (χ2v) is 9.65. The van der Waals surface area contributed by atoms with Crippen molar-refractivity contribution in [2.24, 2.45) is 0 Å². The van der Waals surface area contributed by atoms with E-state index in [4.69, 9.17) is 0 Å². The summed E-state index contributed by atoms with van der Waals surface area (Å²) in [6.45, 7) is 5.81. The first-order valence-electron chi connectivity index (χ1n) is 7.13. The molecule has 0 amide bonds. The number of hydrogen-bond donors (Lipinski definition) is 1. The fourth-order valence-electron chi connectivity index (χ4n) is 1.99. The summed E-state index contributed by atoms with van der Waals surface area (Å²) in [5.74, 6) is 0.134. The zero-order valence-corrected chi connectivity index (χ0v) is 16.1. The minimum Gasteiger partial charge on any atom is -0.214 e. The second kappa shape index (κ2) is 7.25. The highest BCUT2D eigenvalue weighted by Gasteiger charge is 2.17. The predicted molar refractivity (Wildman–Crippen MR) is 97.9 cm³/mol. The van der Waals surface area contributed by atoms with Crippen LogP contribution in [0.1, 0.15) is 32.3 Å². The molecule has 0 aliphatic rings. The molecule has 3 nitrogen and oxygen atoms in total. The minimum absolute atomic E-state index is 0.134. The molecule has 2 aromatic rings. The zero-order chi connectivity index (χ0) is 16.3. The van der Waals surface area contributed by atoms with Crippen molar-refractivity contribution >= 4 is 37.3 Å². The van der Waals surface area contributed by atoms with Crippen molar-refractivity contribution in [3.8, 4) is 10.4 Å². The van der Waals surface area contributed by atoms with Gasteiger partial charge in [0.05, 0.1) is 5.25 Å². The van der Waals surface area contributed by atoms with Crippen molar-refractivity contribution in [2.45, 2.75) is 31.9 Å². The Kier molecular flexibility index (Phi) is 5.82. The average Bonchev–Trinajstić information content (AvgIpc) is 2.91. The van der Waals surface area contributed by atoms with Gasteiger partial charge in [-0.05, 0) is 58.3 Å². The van der Waals surface area contributed by atoms with Crippen molar-refractivity contribution in [1.29, 1.82) is 0 Å². The van der Waals surface area contributed by atoms with Gasteiger partial charge in [-0.25, -0.2) is 13.1 Å². The van der Waals surface area contributed by atoms with Gasteiger partial charge in [-0.2, -0.15) is 0 Å². The average molecular weight is 402 g/mol. The van der Waals surface area contributed by atoms with Crippen LogP contribution in [0, 0.1) is 0 Å². The predicted octanol–water partition coefficient (Wildman–Crippen LogP) is 4.61. The molecular weight excluding hydrogens is 382 g/mol. The number of halogens is 1. The van der Waals surface area contributed by atoms with E-state index in [2.05, 4.69) is 50.3 Å². The molecular formula is C16H20BrNO2S2. The summed E-state index contributed by atoms with van der Waals surface area (Å²) in [6.07, 6.45) is 0. The minimum atomic E-state index is -3.21. The lowest BCUT2D eigenvalue weighted by molar-refractivity contribution is 0.566. The molecule has 120 valence electrons. The molecule has 0 aliphatic carbocycles. The van der Waals surface area contributed by atoms with Gasteiger partial charge in [0.25, 0.3) is 0 Å². The molecule has 2 rings (SSSR count). The summed E-state index contributed by atoms with van der Waals surface area (Å²) >= 11 is 5.24. The SMILES string of the molecule is CC(CNS(=O)(=O)C(C)C)c1ccc(-c2sccc2Br)cc1. The fraction of sp³-hybridized carbons (Fsp3) is 0.375. The Balaban J connectivity index is 2.06. The molecule has 1 N–H and O–H groups in total. The van der Waals surface area contributed by atoms with Gasteiger partial charge in [0.2, 0.25) is 10.0 Å². The van der Waals surface area contributed by atoms with Gasteiger partial charge in [-0.15, -0.1) is 11.3 Å². The summed E-state index contributed by atoms with van der Waals surface area (Å²) in [5, 5.41) is 1.65. The first kappa shape index (κ1) is 17.7. The standard InChI is InChI=1S/C16H20BrNO2S2/c1-11(2)22(19,20)18-10-12(3)13-4-6-14(7-5-13)16-15(17)8-9-21-16/h4-9,11-12,18H,10H2,1-3H3. The van der Waals surface area contributed by atoms with E-state index < -0.39 is 15.3 Å². The molecule has 0 radical (unpaired) electrons. The van der Waals surface area contributed by atoms with Crippen molar-refractivity contribution in [3.63, 3.8) is 0 Å². The van der Waals surface area contributed by atoms with E-state index in [9.17, 15) is 8.42 Å². The van der Waals surface area contributed by atoms with Crippen LogP contribution in [-0.2, 0) is 10.0 Å². The van der Waals surface area contributed by atoms with Gasteiger partial charge in [0, 0.05) is 15.9 Å². The van der Waals surface area contributed by atoms with Crippen molar-refractivity contribution in [2.75, 3.05) is 6.54 Å². The Bertz CT molecular complexity index is 721. The van der Waals surface area contributed by atoms with Gasteiger partial charge in [0.1, 0.15) is 0 Å². The number of thiophene rings is 1. The smallest absolute Gasteiger partial charge is 0.213 e. The van der Waals surface area contributed by atoms with Gasteiger partial charge >= 0.3 is 0 Å². The van der Waals surface area contributed by atoms with Crippen LogP contribution in [0.4, 0.5) is 0 Å². The first-order valence-corrected chi connectivity index (χ1v) is 10.3. The molecule has 0 bridgehead atoms. The van der Waals surface area contributed by atoms with Gasteiger partial charge in [-0.1, -0.05) is 31.2 Å². The highest BCUT2D eigenvalue weighted by Crippen LogP contribution is 2.34. The van der Waals surface area contributed by atoms with E-state index in [0.29, 0.717) is 6.54 Å². The maximum atomic E-state index is 11.8. The van der Waals surface area contributed by atoms with Crippen LogP contribution in [0.5, 0.6) is 0 Å². The number of benzene rings is 1. The third kappa shape index (κ3) is 4.19. The van der Waals surface area contributed by atoms with Crippen LogP contribution in [-0.4, -0.2) is 20.2 Å². The number of hydrogen-bond acceptors (Lipinski definition) is 3. The van der Waals surface area contributed by atoms with Crippen LogP contribution < -0.4 is 4.72 Å². The Morgan fingerprint density at radius 3 is 2.27 bits per heavy atom. The molecule has 1 aromatic carbocycles. The third-order valence-electron chi connectivity index (χ3n) is 3.57. The highest BCUT2D eigenvalue weighted by atomic mass is 79.9. The van der Waals surface area contributed by atoms with E-state index in [1.165, 1.54) is 10.4 Å². The van der Waals surface area contributed by atoms with Gasteiger partial charge < -0.3 is 0 Å². The van der Waals surface area contributed by atoms with Crippen molar-refractivity contribution in [3.05, 3.63) is 45.7 Å². The largest absolute Gasteiger partial charge is 0.214 e. The van der Waals surface area contributed by atoms with E-state index in [1.54, 1.807) is 25.2 Å². The Morgan fingerprint density at radius 1 is 1.14 bits per heavy atom. The Hall–Kier alpha value is -0.690. The van der Waals surface area contributed by atoms with Crippen LogP contribution in [0.2, 0.25) is 0 Å².